The molecule has 0 amide bonds. The standard InChI is InChI=1S/C13H19NO3/c1-15-12-4-2-3-10(9-14)13(12)17-11-5-7-16-8-6-11/h2-4,11H,5-9,14H2,1H3. The highest BCUT2D eigenvalue weighted by atomic mass is 16.5. The Morgan fingerprint density at radius 3 is 2.76 bits per heavy atom. The Hall–Kier alpha value is -1.26. The van der Waals surface area contributed by atoms with Crippen LogP contribution in [0.5, 0.6) is 11.5 Å². The van der Waals surface area contributed by atoms with E-state index in [1.807, 2.05) is 18.2 Å². The lowest BCUT2D eigenvalue weighted by atomic mass is 10.1. The highest BCUT2D eigenvalue weighted by molar-refractivity contribution is 5.46. The highest BCUT2D eigenvalue weighted by Gasteiger charge is 2.19. The first-order chi connectivity index (χ1) is 8.35. The number of ether oxygens (including phenoxy) is 3. The predicted molar refractivity (Wildman–Crippen MR) is 65.4 cm³/mol. The summed E-state index contributed by atoms with van der Waals surface area (Å²) in [4.78, 5) is 0. The van der Waals surface area contributed by atoms with Crippen LogP contribution in [0.4, 0.5) is 0 Å². The predicted octanol–water partition coefficient (Wildman–Crippen LogP) is 1.71. The summed E-state index contributed by atoms with van der Waals surface area (Å²) in [7, 11) is 1.65. The van der Waals surface area contributed by atoms with E-state index in [4.69, 9.17) is 19.9 Å². The van der Waals surface area contributed by atoms with Crippen molar-refractivity contribution in [3.63, 3.8) is 0 Å². The van der Waals surface area contributed by atoms with Crippen LogP contribution in [0, 0.1) is 0 Å². The van der Waals surface area contributed by atoms with Crippen LogP contribution >= 0.6 is 0 Å². The molecule has 1 aromatic carbocycles. The summed E-state index contributed by atoms with van der Waals surface area (Å²) >= 11 is 0. The van der Waals surface area contributed by atoms with E-state index in [1.165, 1.54) is 0 Å². The fraction of sp³-hybridized carbons (Fsp3) is 0.538. The average Bonchev–Trinajstić information content (AvgIpc) is 2.40. The summed E-state index contributed by atoms with van der Waals surface area (Å²) in [5.41, 5.74) is 6.70. The molecule has 1 aliphatic rings. The maximum atomic E-state index is 6.01. The van der Waals surface area contributed by atoms with Gasteiger partial charge in [0.2, 0.25) is 0 Å². The van der Waals surface area contributed by atoms with Crippen molar-refractivity contribution in [1.82, 2.24) is 0 Å². The van der Waals surface area contributed by atoms with E-state index < -0.39 is 0 Å². The van der Waals surface area contributed by atoms with Gasteiger partial charge in [-0.15, -0.1) is 0 Å². The molecule has 0 radical (unpaired) electrons. The second kappa shape index (κ2) is 5.89. The van der Waals surface area contributed by atoms with E-state index in [9.17, 15) is 0 Å². The van der Waals surface area contributed by atoms with Gasteiger partial charge in [0, 0.05) is 24.9 Å². The van der Waals surface area contributed by atoms with Gasteiger partial charge in [-0.1, -0.05) is 12.1 Å². The molecule has 1 fully saturated rings. The molecule has 0 atom stereocenters. The minimum absolute atomic E-state index is 0.199. The fourth-order valence-electron chi connectivity index (χ4n) is 1.98. The Morgan fingerprint density at radius 2 is 2.12 bits per heavy atom. The van der Waals surface area contributed by atoms with Crippen molar-refractivity contribution in [3.05, 3.63) is 23.8 Å². The van der Waals surface area contributed by atoms with Gasteiger partial charge in [0.05, 0.1) is 20.3 Å². The maximum Gasteiger partial charge on any atom is 0.166 e. The van der Waals surface area contributed by atoms with E-state index in [2.05, 4.69) is 0 Å². The minimum atomic E-state index is 0.199. The van der Waals surface area contributed by atoms with Crippen molar-refractivity contribution in [2.45, 2.75) is 25.5 Å². The van der Waals surface area contributed by atoms with Crippen LogP contribution in [0.15, 0.2) is 18.2 Å². The number of methoxy groups -OCH3 is 1. The van der Waals surface area contributed by atoms with Crippen molar-refractivity contribution < 1.29 is 14.2 Å². The largest absolute Gasteiger partial charge is 0.493 e. The van der Waals surface area contributed by atoms with E-state index in [0.717, 1.165) is 43.1 Å². The highest BCUT2D eigenvalue weighted by Crippen LogP contribution is 2.32. The Labute approximate surface area is 102 Å². The van der Waals surface area contributed by atoms with Crippen molar-refractivity contribution in [1.29, 1.82) is 0 Å². The number of benzene rings is 1. The first-order valence-corrected chi connectivity index (χ1v) is 5.95. The average molecular weight is 237 g/mol. The molecule has 1 heterocycles. The smallest absolute Gasteiger partial charge is 0.166 e. The van der Waals surface area contributed by atoms with Gasteiger partial charge in [0.15, 0.2) is 11.5 Å². The van der Waals surface area contributed by atoms with Gasteiger partial charge in [-0.05, 0) is 6.07 Å². The second-order valence-corrected chi connectivity index (χ2v) is 4.08. The molecule has 0 unspecified atom stereocenters. The van der Waals surface area contributed by atoms with Gasteiger partial charge in [0.25, 0.3) is 0 Å². The van der Waals surface area contributed by atoms with Gasteiger partial charge in [0.1, 0.15) is 6.10 Å². The Balaban J connectivity index is 2.16. The molecule has 1 aliphatic heterocycles. The van der Waals surface area contributed by atoms with Crippen LogP contribution in [0.3, 0.4) is 0 Å². The third-order valence-electron chi connectivity index (χ3n) is 2.95. The monoisotopic (exact) mass is 237 g/mol. The number of nitrogens with two attached hydrogens (primary N) is 1. The maximum absolute atomic E-state index is 6.01. The number of para-hydroxylation sites is 1. The molecule has 17 heavy (non-hydrogen) atoms. The van der Waals surface area contributed by atoms with Crippen molar-refractivity contribution in [3.8, 4) is 11.5 Å². The van der Waals surface area contributed by atoms with Gasteiger partial charge in [-0.25, -0.2) is 0 Å². The Kier molecular flexibility index (Phi) is 4.23. The Morgan fingerprint density at radius 1 is 1.35 bits per heavy atom. The van der Waals surface area contributed by atoms with Crippen LogP contribution in [0.1, 0.15) is 18.4 Å². The molecule has 0 bridgehead atoms. The summed E-state index contributed by atoms with van der Waals surface area (Å²) in [6.45, 7) is 1.98. The third kappa shape index (κ3) is 2.90. The molecule has 0 aliphatic carbocycles. The molecule has 0 aromatic heterocycles. The van der Waals surface area contributed by atoms with Gasteiger partial charge in [-0.3, -0.25) is 0 Å². The molecule has 2 N–H and O–H groups in total. The summed E-state index contributed by atoms with van der Waals surface area (Å²) in [5, 5.41) is 0. The van der Waals surface area contributed by atoms with Crippen LogP contribution in [0.2, 0.25) is 0 Å². The molecule has 1 saturated heterocycles. The first-order valence-electron chi connectivity index (χ1n) is 5.95. The quantitative estimate of drug-likeness (QED) is 0.866. The van der Waals surface area contributed by atoms with Crippen molar-refractivity contribution >= 4 is 0 Å². The number of hydrogen-bond donors (Lipinski definition) is 1. The SMILES string of the molecule is COc1cccc(CN)c1OC1CCOCC1. The molecule has 2 rings (SSSR count). The molecule has 4 nitrogen and oxygen atoms in total. The normalized spacial score (nSPS) is 16.8. The molecule has 4 heteroatoms. The summed E-state index contributed by atoms with van der Waals surface area (Å²) in [6, 6.07) is 5.79. The number of rotatable bonds is 4. The zero-order valence-corrected chi connectivity index (χ0v) is 10.1. The van der Waals surface area contributed by atoms with Crippen molar-refractivity contribution in [2.75, 3.05) is 20.3 Å². The van der Waals surface area contributed by atoms with Crippen LogP contribution in [-0.4, -0.2) is 26.4 Å². The lowest BCUT2D eigenvalue weighted by molar-refractivity contribution is 0.0241. The van der Waals surface area contributed by atoms with Crippen LogP contribution < -0.4 is 15.2 Å². The molecule has 0 saturated carbocycles. The zero-order valence-electron chi connectivity index (χ0n) is 10.1. The number of hydrogen-bond acceptors (Lipinski definition) is 4. The van der Waals surface area contributed by atoms with Gasteiger partial charge >= 0.3 is 0 Å². The lowest BCUT2D eigenvalue weighted by Crippen LogP contribution is -2.26. The van der Waals surface area contributed by atoms with E-state index in [-0.39, 0.29) is 6.10 Å². The summed E-state index contributed by atoms with van der Waals surface area (Å²) < 4.78 is 16.6. The van der Waals surface area contributed by atoms with Gasteiger partial charge < -0.3 is 19.9 Å². The zero-order chi connectivity index (χ0) is 12.1. The van der Waals surface area contributed by atoms with E-state index in [1.54, 1.807) is 7.11 Å². The minimum Gasteiger partial charge on any atom is -0.493 e. The first kappa shape index (κ1) is 12.2. The molecule has 0 spiro atoms. The molecule has 94 valence electrons. The lowest BCUT2D eigenvalue weighted by Gasteiger charge is -2.25. The topological polar surface area (TPSA) is 53.7 Å². The van der Waals surface area contributed by atoms with Crippen LogP contribution in [0.25, 0.3) is 0 Å². The fourth-order valence-corrected chi connectivity index (χ4v) is 1.98. The Bertz CT molecular complexity index is 339. The summed E-state index contributed by atoms with van der Waals surface area (Å²) in [6.07, 6.45) is 2.04. The molecular formula is C13H19NO3. The molecule has 1 aromatic rings. The van der Waals surface area contributed by atoms with Gasteiger partial charge in [-0.2, -0.15) is 0 Å². The molecular weight excluding hydrogens is 218 g/mol. The van der Waals surface area contributed by atoms with E-state index in [0.29, 0.717) is 6.54 Å². The third-order valence-corrected chi connectivity index (χ3v) is 2.95. The second-order valence-electron chi connectivity index (χ2n) is 4.08. The van der Waals surface area contributed by atoms with Crippen LogP contribution in [-0.2, 0) is 11.3 Å². The van der Waals surface area contributed by atoms with E-state index >= 15 is 0 Å². The summed E-state index contributed by atoms with van der Waals surface area (Å²) in [5.74, 6) is 1.53. The van der Waals surface area contributed by atoms with Crippen molar-refractivity contribution in [2.24, 2.45) is 5.73 Å².